The normalized spacial score (nSPS) is 11.8. The Bertz CT molecular complexity index is 2240. The van der Waals surface area contributed by atoms with E-state index in [1.165, 1.54) is 69.5 Å². The minimum absolute atomic E-state index is 0.790. The van der Waals surface area contributed by atoms with Gasteiger partial charge in [0.25, 0.3) is 0 Å². The first kappa shape index (κ1) is 26.8. The highest BCUT2D eigenvalue weighted by Crippen LogP contribution is 2.41. The molecule has 0 spiro atoms. The molecule has 212 valence electrons. The lowest BCUT2D eigenvalue weighted by atomic mass is 9.94. The van der Waals surface area contributed by atoms with Crippen LogP contribution in [0.3, 0.4) is 0 Å². The van der Waals surface area contributed by atoms with Gasteiger partial charge in [-0.05, 0) is 73.6 Å². The SMILES string of the molecule is c1ccc(CNN(Cc2ccccc2)Cc2cccc(-c3ccc4c(ccc5ccc6sc7ccccc7c6c54)c3)c2)cc1. The Labute approximate surface area is 261 Å². The highest BCUT2D eigenvalue weighted by Gasteiger charge is 2.13. The van der Waals surface area contributed by atoms with Crippen molar-refractivity contribution >= 4 is 53.1 Å². The number of nitrogens with zero attached hydrogens (tertiary/aromatic N) is 1. The first-order valence-corrected chi connectivity index (χ1v) is 16.0. The van der Waals surface area contributed by atoms with Gasteiger partial charge in [0.05, 0.1) is 0 Å². The highest BCUT2D eigenvalue weighted by molar-refractivity contribution is 7.26. The average molecular weight is 585 g/mol. The number of thiophene rings is 1. The largest absolute Gasteiger partial charge is 0.250 e. The second kappa shape index (κ2) is 11.7. The van der Waals surface area contributed by atoms with Crippen molar-refractivity contribution < 1.29 is 0 Å². The third-order valence-corrected chi connectivity index (χ3v) is 9.67. The smallest absolute Gasteiger partial charge is 0.0385 e. The maximum atomic E-state index is 3.69. The van der Waals surface area contributed by atoms with Gasteiger partial charge in [-0.25, -0.2) is 5.01 Å². The molecule has 3 heteroatoms. The Morgan fingerprint density at radius 2 is 1.14 bits per heavy atom. The minimum Gasteiger partial charge on any atom is -0.250 e. The summed E-state index contributed by atoms with van der Waals surface area (Å²) >= 11 is 1.88. The van der Waals surface area contributed by atoms with Crippen molar-refractivity contribution in [3.05, 3.63) is 168 Å². The Hall–Kier alpha value is -4.80. The van der Waals surface area contributed by atoms with Gasteiger partial charge in [-0.15, -0.1) is 11.3 Å². The summed E-state index contributed by atoms with van der Waals surface area (Å²) in [5.74, 6) is 0. The summed E-state index contributed by atoms with van der Waals surface area (Å²) in [4.78, 5) is 0. The fraction of sp³-hybridized carbons (Fsp3) is 0.0732. The molecule has 2 nitrogen and oxygen atoms in total. The summed E-state index contributed by atoms with van der Waals surface area (Å²) in [6.45, 7) is 2.42. The average Bonchev–Trinajstić information content (AvgIpc) is 3.47. The molecular formula is C41H32N2S. The summed E-state index contributed by atoms with van der Waals surface area (Å²) in [7, 11) is 0. The number of fused-ring (bicyclic) bond motifs is 7. The van der Waals surface area contributed by atoms with Crippen LogP contribution in [0.25, 0.3) is 52.8 Å². The van der Waals surface area contributed by atoms with Crippen LogP contribution in [-0.4, -0.2) is 5.01 Å². The molecule has 0 amide bonds. The van der Waals surface area contributed by atoms with Gasteiger partial charge in [0.2, 0.25) is 0 Å². The fourth-order valence-corrected chi connectivity index (χ4v) is 7.50. The van der Waals surface area contributed by atoms with Crippen LogP contribution in [0.5, 0.6) is 0 Å². The zero-order chi connectivity index (χ0) is 29.3. The van der Waals surface area contributed by atoms with Crippen LogP contribution >= 0.6 is 11.3 Å². The van der Waals surface area contributed by atoms with E-state index < -0.39 is 0 Å². The molecular weight excluding hydrogens is 553 g/mol. The topological polar surface area (TPSA) is 15.3 Å². The van der Waals surface area contributed by atoms with E-state index in [0.29, 0.717) is 0 Å². The molecule has 0 aliphatic carbocycles. The van der Waals surface area contributed by atoms with Crippen LogP contribution in [0.15, 0.2) is 152 Å². The van der Waals surface area contributed by atoms with Gasteiger partial charge in [0, 0.05) is 39.8 Å². The van der Waals surface area contributed by atoms with E-state index in [-0.39, 0.29) is 0 Å². The number of hydrogen-bond acceptors (Lipinski definition) is 3. The zero-order valence-electron chi connectivity index (χ0n) is 24.4. The molecule has 0 aliphatic rings. The Morgan fingerprint density at radius 3 is 2.00 bits per heavy atom. The van der Waals surface area contributed by atoms with Crippen LogP contribution in [0, 0.1) is 0 Å². The van der Waals surface area contributed by atoms with Crippen LogP contribution in [0.2, 0.25) is 0 Å². The van der Waals surface area contributed by atoms with E-state index in [9.17, 15) is 0 Å². The van der Waals surface area contributed by atoms with Gasteiger partial charge in [0.15, 0.2) is 0 Å². The molecule has 0 aliphatic heterocycles. The van der Waals surface area contributed by atoms with Gasteiger partial charge < -0.3 is 0 Å². The third kappa shape index (κ3) is 5.27. The molecule has 0 atom stereocenters. The van der Waals surface area contributed by atoms with Crippen molar-refractivity contribution in [3.8, 4) is 11.1 Å². The van der Waals surface area contributed by atoms with Crippen molar-refractivity contribution in [1.29, 1.82) is 0 Å². The molecule has 0 fully saturated rings. The molecule has 0 bridgehead atoms. The first-order chi connectivity index (χ1) is 21.8. The van der Waals surface area contributed by atoms with Crippen LogP contribution in [0.4, 0.5) is 0 Å². The van der Waals surface area contributed by atoms with Crippen molar-refractivity contribution in [3.63, 3.8) is 0 Å². The first-order valence-electron chi connectivity index (χ1n) is 15.2. The summed E-state index contributed by atoms with van der Waals surface area (Å²) < 4.78 is 2.70. The summed E-state index contributed by atoms with van der Waals surface area (Å²) in [5, 5.41) is 10.3. The molecule has 0 saturated carbocycles. The Balaban J connectivity index is 1.13. The van der Waals surface area contributed by atoms with Crippen LogP contribution in [0.1, 0.15) is 16.7 Å². The predicted molar refractivity (Wildman–Crippen MR) is 189 cm³/mol. The lowest BCUT2D eigenvalue weighted by Crippen LogP contribution is -2.36. The molecule has 8 rings (SSSR count). The van der Waals surface area contributed by atoms with E-state index in [1.54, 1.807) is 0 Å². The Kier molecular flexibility index (Phi) is 7.13. The predicted octanol–water partition coefficient (Wildman–Crippen LogP) is 10.7. The maximum absolute atomic E-state index is 3.69. The maximum Gasteiger partial charge on any atom is 0.0385 e. The number of hydrazine groups is 1. The van der Waals surface area contributed by atoms with E-state index in [1.807, 2.05) is 11.3 Å². The van der Waals surface area contributed by atoms with E-state index >= 15 is 0 Å². The summed E-state index contributed by atoms with van der Waals surface area (Å²) in [5.41, 5.74) is 10.0. The van der Waals surface area contributed by atoms with Crippen molar-refractivity contribution in [2.45, 2.75) is 19.6 Å². The summed E-state index contributed by atoms with van der Waals surface area (Å²) in [6.07, 6.45) is 0. The molecule has 7 aromatic carbocycles. The van der Waals surface area contributed by atoms with Gasteiger partial charge in [-0.2, -0.15) is 0 Å². The monoisotopic (exact) mass is 584 g/mol. The fourth-order valence-electron chi connectivity index (χ4n) is 6.39. The molecule has 0 unspecified atom stereocenters. The standard InChI is InChI=1S/C41H32N2S/c1-3-10-29(11-4-1)26-42-43(27-30-12-5-2-6-13-30)28-31-14-9-15-33(24-31)34-20-22-36-35(25-34)19-18-32-21-23-39-41(40(32)36)37-16-7-8-17-38(37)44-39/h1-25,42H,26-28H2. The minimum atomic E-state index is 0.790. The molecule has 1 aromatic heterocycles. The lowest BCUT2D eigenvalue weighted by molar-refractivity contribution is 0.165. The van der Waals surface area contributed by atoms with Gasteiger partial charge >= 0.3 is 0 Å². The number of rotatable bonds is 8. The Morgan fingerprint density at radius 1 is 0.455 bits per heavy atom. The van der Waals surface area contributed by atoms with Crippen molar-refractivity contribution in [1.82, 2.24) is 10.4 Å². The highest BCUT2D eigenvalue weighted by atomic mass is 32.1. The van der Waals surface area contributed by atoms with Crippen molar-refractivity contribution in [2.24, 2.45) is 0 Å². The van der Waals surface area contributed by atoms with Crippen LogP contribution < -0.4 is 5.43 Å². The van der Waals surface area contributed by atoms with E-state index in [4.69, 9.17) is 0 Å². The lowest BCUT2D eigenvalue weighted by Gasteiger charge is -2.24. The molecule has 1 heterocycles. The molecule has 0 radical (unpaired) electrons. The van der Waals surface area contributed by atoms with Crippen molar-refractivity contribution in [2.75, 3.05) is 0 Å². The molecule has 0 saturated heterocycles. The summed E-state index contributed by atoms with van der Waals surface area (Å²) in [6, 6.07) is 55.2. The van der Waals surface area contributed by atoms with E-state index in [0.717, 1.165) is 19.6 Å². The second-order valence-electron chi connectivity index (χ2n) is 11.5. The van der Waals surface area contributed by atoms with Gasteiger partial charge in [-0.3, -0.25) is 5.43 Å². The zero-order valence-corrected chi connectivity index (χ0v) is 25.2. The van der Waals surface area contributed by atoms with E-state index in [2.05, 4.69) is 162 Å². The number of nitrogens with one attached hydrogen (secondary N) is 1. The molecule has 44 heavy (non-hydrogen) atoms. The van der Waals surface area contributed by atoms with Gasteiger partial charge in [0.1, 0.15) is 0 Å². The third-order valence-electron chi connectivity index (χ3n) is 8.54. The molecule has 8 aromatic rings. The number of hydrogen-bond donors (Lipinski definition) is 1. The second-order valence-corrected chi connectivity index (χ2v) is 12.6. The van der Waals surface area contributed by atoms with Crippen LogP contribution in [-0.2, 0) is 19.6 Å². The number of benzene rings is 7. The van der Waals surface area contributed by atoms with Gasteiger partial charge in [-0.1, -0.05) is 127 Å². The quantitative estimate of drug-likeness (QED) is 0.141. The molecule has 1 N–H and O–H groups in total.